The molecule has 0 aliphatic heterocycles. The van der Waals surface area contributed by atoms with E-state index >= 15 is 0 Å². The van der Waals surface area contributed by atoms with Gasteiger partial charge in [0.25, 0.3) is 5.91 Å². The van der Waals surface area contributed by atoms with Gasteiger partial charge in [0.2, 0.25) is 0 Å². The molecule has 0 N–H and O–H groups in total. The van der Waals surface area contributed by atoms with Crippen LogP contribution in [0, 0.1) is 13.8 Å². The summed E-state index contributed by atoms with van der Waals surface area (Å²) in [5, 5.41) is 8.22. The lowest BCUT2D eigenvalue weighted by molar-refractivity contribution is 0.0513. The average molecular weight is 355 g/mol. The molecule has 0 aliphatic rings. The zero-order valence-electron chi connectivity index (χ0n) is 12.2. The maximum absolute atomic E-state index is 12.4. The van der Waals surface area contributed by atoms with Gasteiger partial charge >= 0.3 is 5.97 Å². The summed E-state index contributed by atoms with van der Waals surface area (Å²) in [6.07, 6.45) is 0. The van der Waals surface area contributed by atoms with E-state index in [1.165, 1.54) is 15.4 Å². The SMILES string of the molecule is CCOC(=O)c1cc(C(=O)n2nc(C)c(Br)c2C)nn1C. The van der Waals surface area contributed by atoms with Crippen LogP contribution in [0.5, 0.6) is 0 Å². The second-order valence-corrected chi connectivity index (χ2v) is 5.25. The number of ether oxygens (including phenoxy) is 1. The molecule has 2 heterocycles. The third-order valence-electron chi connectivity index (χ3n) is 2.98. The Morgan fingerprint density at radius 3 is 2.52 bits per heavy atom. The summed E-state index contributed by atoms with van der Waals surface area (Å²) in [4.78, 5) is 24.2. The number of aryl methyl sites for hydroxylation is 2. The number of hydrogen-bond donors (Lipinski definition) is 0. The van der Waals surface area contributed by atoms with Gasteiger partial charge in [-0.3, -0.25) is 9.48 Å². The second kappa shape index (κ2) is 5.80. The first-order valence-electron chi connectivity index (χ1n) is 6.34. The first-order chi connectivity index (χ1) is 9.86. The molecule has 0 saturated carbocycles. The molecule has 0 aliphatic carbocycles. The van der Waals surface area contributed by atoms with Crippen molar-refractivity contribution in [2.75, 3.05) is 6.61 Å². The van der Waals surface area contributed by atoms with Crippen molar-refractivity contribution < 1.29 is 14.3 Å². The van der Waals surface area contributed by atoms with Crippen LogP contribution >= 0.6 is 15.9 Å². The van der Waals surface area contributed by atoms with E-state index in [1.807, 2.05) is 0 Å². The largest absolute Gasteiger partial charge is 0.461 e. The third kappa shape index (κ3) is 2.76. The zero-order chi connectivity index (χ0) is 15.7. The van der Waals surface area contributed by atoms with E-state index in [2.05, 4.69) is 26.1 Å². The van der Waals surface area contributed by atoms with E-state index in [-0.39, 0.29) is 18.0 Å². The average Bonchev–Trinajstić information content (AvgIpc) is 2.94. The Morgan fingerprint density at radius 2 is 2.00 bits per heavy atom. The summed E-state index contributed by atoms with van der Waals surface area (Å²) in [6.45, 7) is 5.55. The fraction of sp³-hybridized carbons (Fsp3) is 0.385. The van der Waals surface area contributed by atoms with Crippen LogP contribution in [0.3, 0.4) is 0 Å². The minimum atomic E-state index is -0.513. The molecule has 0 bridgehead atoms. The topological polar surface area (TPSA) is 79.0 Å². The van der Waals surface area contributed by atoms with E-state index in [1.54, 1.807) is 27.8 Å². The Hall–Kier alpha value is -1.96. The molecule has 7 nitrogen and oxygen atoms in total. The lowest BCUT2D eigenvalue weighted by Gasteiger charge is -1.99. The predicted molar refractivity (Wildman–Crippen MR) is 78.3 cm³/mol. The molecule has 2 rings (SSSR count). The van der Waals surface area contributed by atoms with Crippen LogP contribution in [0.15, 0.2) is 10.5 Å². The number of carbonyl (C=O) groups excluding carboxylic acids is 2. The highest BCUT2D eigenvalue weighted by atomic mass is 79.9. The second-order valence-electron chi connectivity index (χ2n) is 4.46. The number of halogens is 1. The Kier molecular flexibility index (Phi) is 4.26. The van der Waals surface area contributed by atoms with Crippen LogP contribution in [-0.4, -0.2) is 38.0 Å². The summed E-state index contributed by atoms with van der Waals surface area (Å²) in [6, 6.07) is 1.41. The molecule has 0 aromatic carbocycles. The van der Waals surface area contributed by atoms with Crippen molar-refractivity contribution in [3.63, 3.8) is 0 Å². The van der Waals surface area contributed by atoms with Gasteiger partial charge in [-0.1, -0.05) is 0 Å². The van der Waals surface area contributed by atoms with Crippen molar-refractivity contribution >= 4 is 27.8 Å². The molecule has 112 valence electrons. The molecule has 0 fully saturated rings. The monoisotopic (exact) mass is 354 g/mol. The number of rotatable bonds is 3. The molecule has 0 unspecified atom stereocenters. The number of carbonyl (C=O) groups is 2. The highest BCUT2D eigenvalue weighted by Gasteiger charge is 2.22. The van der Waals surface area contributed by atoms with Crippen molar-refractivity contribution in [2.45, 2.75) is 20.8 Å². The molecular weight excluding hydrogens is 340 g/mol. The lowest BCUT2D eigenvalue weighted by Crippen LogP contribution is -2.16. The quantitative estimate of drug-likeness (QED) is 0.786. The van der Waals surface area contributed by atoms with Crippen LogP contribution < -0.4 is 0 Å². The van der Waals surface area contributed by atoms with Gasteiger partial charge in [0, 0.05) is 13.1 Å². The van der Waals surface area contributed by atoms with Gasteiger partial charge in [0.1, 0.15) is 5.69 Å². The highest BCUT2D eigenvalue weighted by molar-refractivity contribution is 9.10. The van der Waals surface area contributed by atoms with Crippen LogP contribution in [0.25, 0.3) is 0 Å². The number of hydrogen-bond acceptors (Lipinski definition) is 5. The molecule has 0 radical (unpaired) electrons. The van der Waals surface area contributed by atoms with E-state index in [0.29, 0.717) is 11.4 Å². The van der Waals surface area contributed by atoms with Gasteiger partial charge in [0.05, 0.1) is 22.5 Å². The van der Waals surface area contributed by atoms with Gasteiger partial charge in [-0.2, -0.15) is 14.9 Å². The Bertz CT molecular complexity index is 717. The molecule has 8 heteroatoms. The smallest absolute Gasteiger partial charge is 0.356 e. The maximum atomic E-state index is 12.4. The molecule has 0 spiro atoms. The Labute approximate surface area is 130 Å². The highest BCUT2D eigenvalue weighted by Crippen LogP contribution is 2.20. The zero-order valence-corrected chi connectivity index (χ0v) is 13.8. The summed E-state index contributed by atoms with van der Waals surface area (Å²) in [5.74, 6) is -0.909. The number of esters is 1. The van der Waals surface area contributed by atoms with Crippen molar-refractivity contribution in [3.8, 4) is 0 Å². The van der Waals surface area contributed by atoms with Crippen molar-refractivity contribution in [2.24, 2.45) is 7.05 Å². The van der Waals surface area contributed by atoms with Crippen LogP contribution in [-0.2, 0) is 11.8 Å². The predicted octanol–water partition coefficient (Wildman–Crippen LogP) is 1.86. The minimum absolute atomic E-state index is 0.138. The standard InChI is InChI=1S/C13H15BrN4O3/c1-5-21-13(20)10-6-9(16-17(10)4)12(19)18-8(3)11(14)7(2)15-18/h6H,5H2,1-4H3. The third-order valence-corrected chi connectivity index (χ3v) is 4.13. The molecule has 2 aromatic heterocycles. The van der Waals surface area contributed by atoms with Gasteiger partial charge < -0.3 is 4.74 Å². The molecule has 2 aromatic rings. The Morgan fingerprint density at radius 1 is 1.33 bits per heavy atom. The first-order valence-corrected chi connectivity index (χ1v) is 7.13. The van der Waals surface area contributed by atoms with Gasteiger partial charge in [0.15, 0.2) is 5.69 Å². The van der Waals surface area contributed by atoms with Crippen molar-refractivity contribution in [1.82, 2.24) is 19.6 Å². The number of aromatic nitrogens is 4. The summed E-state index contributed by atoms with van der Waals surface area (Å²) in [5.41, 5.74) is 1.75. The van der Waals surface area contributed by atoms with Crippen LogP contribution in [0.4, 0.5) is 0 Å². The molecule has 0 saturated heterocycles. The fourth-order valence-electron chi connectivity index (χ4n) is 1.90. The van der Waals surface area contributed by atoms with E-state index < -0.39 is 11.9 Å². The normalized spacial score (nSPS) is 10.7. The first kappa shape index (κ1) is 15.4. The van der Waals surface area contributed by atoms with Gasteiger partial charge in [-0.15, -0.1) is 0 Å². The summed E-state index contributed by atoms with van der Waals surface area (Å²) in [7, 11) is 1.58. The van der Waals surface area contributed by atoms with Crippen LogP contribution in [0.1, 0.15) is 39.3 Å². The molecule has 0 amide bonds. The molecule has 21 heavy (non-hydrogen) atoms. The molecule has 0 atom stereocenters. The van der Waals surface area contributed by atoms with Crippen molar-refractivity contribution in [1.29, 1.82) is 0 Å². The maximum Gasteiger partial charge on any atom is 0.356 e. The van der Waals surface area contributed by atoms with Gasteiger partial charge in [-0.05, 0) is 36.7 Å². The van der Waals surface area contributed by atoms with E-state index in [9.17, 15) is 9.59 Å². The summed E-state index contributed by atoms with van der Waals surface area (Å²) < 4.78 is 8.27. The molecular formula is C13H15BrN4O3. The van der Waals surface area contributed by atoms with Gasteiger partial charge in [-0.25, -0.2) is 4.79 Å². The lowest BCUT2D eigenvalue weighted by atomic mass is 10.3. The van der Waals surface area contributed by atoms with E-state index in [0.717, 1.165) is 4.47 Å². The van der Waals surface area contributed by atoms with E-state index in [4.69, 9.17) is 4.74 Å². The Balaban J connectivity index is 2.38. The number of nitrogens with zero attached hydrogens (tertiary/aromatic N) is 4. The fourth-order valence-corrected chi connectivity index (χ4v) is 2.15. The van der Waals surface area contributed by atoms with Crippen molar-refractivity contribution in [3.05, 3.63) is 33.3 Å². The van der Waals surface area contributed by atoms with Crippen LogP contribution in [0.2, 0.25) is 0 Å². The summed E-state index contributed by atoms with van der Waals surface area (Å²) >= 11 is 3.37. The minimum Gasteiger partial charge on any atom is -0.461 e.